The quantitative estimate of drug-likeness (QED) is 0.590. The first-order valence-corrected chi connectivity index (χ1v) is 11.2. The van der Waals surface area contributed by atoms with Crippen LogP contribution in [0, 0.1) is 11.7 Å². The maximum Gasteiger partial charge on any atom is 0.231 e. The summed E-state index contributed by atoms with van der Waals surface area (Å²) in [6.45, 7) is 2.98. The van der Waals surface area contributed by atoms with E-state index in [4.69, 9.17) is 0 Å². The van der Waals surface area contributed by atoms with Gasteiger partial charge in [-0.2, -0.15) is 0 Å². The zero-order valence-electron chi connectivity index (χ0n) is 17.3. The highest BCUT2D eigenvalue weighted by atomic mass is 32.1. The summed E-state index contributed by atoms with van der Waals surface area (Å²) in [7, 11) is 0. The summed E-state index contributed by atoms with van der Waals surface area (Å²) >= 11 is 1.48. The molecule has 1 unspecified atom stereocenters. The Morgan fingerprint density at radius 1 is 1.19 bits per heavy atom. The van der Waals surface area contributed by atoms with E-state index in [0.29, 0.717) is 24.6 Å². The van der Waals surface area contributed by atoms with Gasteiger partial charge in [0, 0.05) is 30.0 Å². The van der Waals surface area contributed by atoms with Crippen molar-refractivity contribution < 1.29 is 14.0 Å². The lowest BCUT2D eigenvalue weighted by atomic mass is 10.1. The number of benzene rings is 2. The molecular weight excluding hydrogens is 413 g/mol. The number of hydrogen-bond donors (Lipinski definition) is 1. The Balaban J connectivity index is 1.37. The molecule has 5 nitrogen and oxygen atoms in total. The Morgan fingerprint density at radius 2 is 1.94 bits per heavy atom. The maximum atomic E-state index is 13.0. The number of anilines is 1. The second-order valence-corrected chi connectivity index (χ2v) is 8.70. The Bertz CT molecular complexity index is 1070. The van der Waals surface area contributed by atoms with Gasteiger partial charge in [-0.15, -0.1) is 11.3 Å². The summed E-state index contributed by atoms with van der Waals surface area (Å²) in [6.07, 6.45) is 1.66. The van der Waals surface area contributed by atoms with E-state index in [1.165, 1.54) is 23.5 Å². The van der Waals surface area contributed by atoms with Crippen LogP contribution in [0.1, 0.15) is 23.8 Å². The van der Waals surface area contributed by atoms with Crippen LogP contribution < -0.4 is 5.32 Å². The first-order valence-electron chi connectivity index (χ1n) is 10.4. The molecule has 1 aromatic heterocycles. The molecule has 1 atom stereocenters. The van der Waals surface area contributed by atoms with Crippen LogP contribution in [0.5, 0.6) is 0 Å². The number of nitrogens with one attached hydrogen (secondary N) is 1. The lowest BCUT2D eigenvalue weighted by Crippen LogP contribution is -2.30. The van der Waals surface area contributed by atoms with E-state index >= 15 is 0 Å². The van der Waals surface area contributed by atoms with Crippen molar-refractivity contribution in [1.29, 1.82) is 0 Å². The summed E-state index contributed by atoms with van der Waals surface area (Å²) in [4.78, 5) is 32.6. The Morgan fingerprint density at radius 3 is 2.65 bits per heavy atom. The molecule has 0 bridgehead atoms. The third kappa shape index (κ3) is 4.99. The van der Waals surface area contributed by atoms with Crippen molar-refractivity contribution in [3.63, 3.8) is 0 Å². The zero-order chi connectivity index (χ0) is 21.8. The molecule has 1 aliphatic rings. The van der Waals surface area contributed by atoms with Gasteiger partial charge in [0.05, 0.1) is 11.6 Å². The smallest absolute Gasteiger partial charge is 0.231 e. The van der Waals surface area contributed by atoms with Crippen molar-refractivity contribution >= 4 is 28.3 Å². The third-order valence-electron chi connectivity index (χ3n) is 5.46. The third-order valence-corrected chi connectivity index (χ3v) is 6.58. The molecule has 4 rings (SSSR count). The Kier molecular flexibility index (Phi) is 6.42. The number of aryl methyl sites for hydroxylation is 1. The van der Waals surface area contributed by atoms with E-state index in [2.05, 4.69) is 17.2 Å². The molecular formula is C24H24FN3O2S. The first-order chi connectivity index (χ1) is 15.0. The number of hydrogen-bond acceptors (Lipinski definition) is 4. The standard InChI is InChI=1S/C24H24FN3O2S/c1-2-20-22(17-6-4-3-5-7-17)26-24(31-20)27-23(30)18-14-21(29)28(15-18)13-12-16-8-10-19(25)11-9-16/h3-11,18H,2,12-15H2,1H3,(H,26,27,30). The molecule has 160 valence electrons. The van der Waals surface area contributed by atoms with Gasteiger partial charge >= 0.3 is 0 Å². The van der Waals surface area contributed by atoms with Crippen molar-refractivity contribution in [1.82, 2.24) is 9.88 Å². The van der Waals surface area contributed by atoms with Crippen molar-refractivity contribution in [2.75, 3.05) is 18.4 Å². The number of carbonyl (C=O) groups excluding carboxylic acids is 2. The van der Waals surface area contributed by atoms with Gasteiger partial charge in [-0.25, -0.2) is 9.37 Å². The van der Waals surface area contributed by atoms with Crippen LogP contribution in [0.3, 0.4) is 0 Å². The molecule has 0 spiro atoms. The highest BCUT2D eigenvalue weighted by molar-refractivity contribution is 7.16. The van der Waals surface area contributed by atoms with Crippen LogP contribution in [0.25, 0.3) is 11.3 Å². The van der Waals surface area contributed by atoms with Crippen LogP contribution in [-0.4, -0.2) is 34.8 Å². The number of rotatable bonds is 7. The van der Waals surface area contributed by atoms with Gasteiger partial charge in [0.25, 0.3) is 0 Å². The number of thiazole rings is 1. The zero-order valence-corrected chi connectivity index (χ0v) is 18.1. The van der Waals surface area contributed by atoms with Crippen molar-refractivity contribution in [3.05, 3.63) is 70.9 Å². The number of aromatic nitrogens is 1. The first kappa shape index (κ1) is 21.2. The van der Waals surface area contributed by atoms with Crippen LogP contribution in [0.15, 0.2) is 54.6 Å². The minimum absolute atomic E-state index is 0.0272. The lowest BCUT2D eigenvalue weighted by Gasteiger charge is -2.16. The van der Waals surface area contributed by atoms with E-state index in [9.17, 15) is 14.0 Å². The second kappa shape index (κ2) is 9.39. The van der Waals surface area contributed by atoms with Crippen molar-refractivity contribution in [3.8, 4) is 11.3 Å². The van der Waals surface area contributed by atoms with Crippen molar-refractivity contribution in [2.45, 2.75) is 26.2 Å². The fraction of sp³-hybridized carbons (Fsp3) is 0.292. The fourth-order valence-corrected chi connectivity index (χ4v) is 4.68. The highest BCUT2D eigenvalue weighted by Crippen LogP contribution is 2.32. The predicted octanol–water partition coefficient (Wildman–Crippen LogP) is 4.54. The van der Waals surface area contributed by atoms with Gasteiger partial charge in [-0.3, -0.25) is 9.59 Å². The van der Waals surface area contributed by atoms with Gasteiger partial charge in [0.15, 0.2) is 5.13 Å². The average Bonchev–Trinajstić information content (AvgIpc) is 3.37. The van der Waals surface area contributed by atoms with Gasteiger partial charge in [0.1, 0.15) is 5.82 Å². The molecule has 1 fully saturated rings. The SMILES string of the molecule is CCc1sc(NC(=O)C2CC(=O)N(CCc3ccc(F)cc3)C2)nc1-c1ccccc1. The van der Waals surface area contributed by atoms with Crippen LogP contribution in [0.2, 0.25) is 0 Å². The molecule has 2 heterocycles. The molecule has 1 aliphatic heterocycles. The van der Waals surface area contributed by atoms with E-state index in [1.54, 1.807) is 17.0 Å². The summed E-state index contributed by atoms with van der Waals surface area (Å²) in [6, 6.07) is 16.2. The maximum absolute atomic E-state index is 13.0. The Hall–Kier alpha value is -3.06. The monoisotopic (exact) mass is 437 g/mol. The average molecular weight is 438 g/mol. The number of amides is 2. The topological polar surface area (TPSA) is 62.3 Å². The molecule has 2 amide bonds. The molecule has 1 saturated heterocycles. The molecule has 0 saturated carbocycles. The highest BCUT2D eigenvalue weighted by Gasteiger charge is 2.34. The number of halogens is 1. The van der Waals surface area contributed by atoms with Crippen molar-refractivity contribution in [2.24, 2.45) is 5.92 Å². The van der Waals surface area contributed by atoms with Gasteiger partial charge in [-0.05, 0) is 30.5 Å². The van der Waals surface area contributed by atoms with Gasteiger partial charge < -0.3 is 10.2 Å². The van der Waals surface area contributed by atoms with Crippen LogP contribution in [-0.2, 0) is 22.4 Å². The summed E-state index contributed by atoms with van der Waals surface area (Å²) in [5, 5.41) is 3.49. The lowest BCUT2D eigenvalue weighted by molar-refractivity contribution is -0.128. The molecule has 31 heavy (non-hydrogen) atoms. The van der Waals surface area contributed by atoms with E-state index in [-0.39, 0.29) is 24.1 Å². The predicted molar refractivity (Wildman–Crippen MR) is 120 cm³/mol. The minimum Gasteiger partial charge on any atom is -0.342 e. The fourth-order valence-electron chi connectivity index (χ4n) is 3.75. The number of carbonyl (C=O) groups is 2. The summed E-state index contributed by atoms with van der Waals surface area (Å²) < 4.78 is 13.0. The molecule has 2 aromatic carbocycles. The largest absolute Gasteiger partial charge is 0.342 e. The van der Waals surface area contributed by atoms with Gasteiger partial charge in [-0.1, -0.05) is 49.4 Å². The number of likely N-dealkylation sites (tertiary alicyclic amines) is 1. The normalized spacial score (nSPS) is 16.0. The van der Waals surface area contributed by atoms with Gasteiger partial charge in [0.2, 0.25) is 11.8 Å². The van der Waals surface area contributed by atoms with E-state index in [0.717, 1.165) is 28.1 Å². The molecule has 7 heteroatoms. The van der Waals surface area contributed by atoms with E-state index < -0.39 is 5.92 Å². The van der Waals surface area contributed by atoms with E-state index in [1.807, 2.05) is 30.3 Å². The molecule has 1 N–H and O–H groups in total. The van der Waals surface area contributed by atoms with Crippen LogP contribution in [0.4, 0.5) is 9.52 Å². The minimum atomic E-state index is -0.394. The summed E-state index contributed by atoms with van der Waals surface area (Å²) in [5.41, 5.74) is 2.89. The second-order valence-electron chi connectivity index (χ2n) is 7.62. The van der Waals surface area contributed by atoms with Crippen LogP contribution >= 0.6 is 11.3 Å². The molecule has 0 aliphatic carbocycles. The number of nitrogens with zero attached hydrogens (tertiary/aromatic N) is 2. The molecule has 0 radical (unpaired) electrons. The Labute approximate surface area is 184 Å². The summed E-state index contributed by atoms with van der Waals surface area (Å²) in [5.74, 6) is -0.870. The molecule has 3 aromatic rings.